The maximum Gasteiger partial charge on any atom is 0.0511 e. The van der Waals surface area contributed by atoms with E-state index in [0.717, 1.165) is 32.8 Å². The monoisotopic (exact) mass is 231 g/mol. The molecule has 0 aliphatic carbocycles. The zero-order valence-corrected chi connectivity index (χ0v) is 10.1. The summed E-state index contributed by atoms with van der Waals surface area (Å²) in [7, 11) is 0. The van der Waals surface area contributed by atoms with E-state index in [1.165, 1.54) is 12.1 Å². The van der Waals surface area contributed by atoms with E-state index in [0.29, 0.717) is 12.0 Å². The molecule has 1 aromatic carbocycles. The fraction of sp³-hybridized carbons (Fsp3) is 0.571. The number of hydrogen-bond donors (Lipinski definition) is 0. The molecule has 0 spiro atoms. The highest BCUT2D eigenvalue weighted by Crippen LogP contribution is 2.23. The van der Waals surface area contributed by atoms with Crippen LogP contribution >= 0.6 is 0 Å². The molecule has 3 heteroatoms. The molecule has 2 saturated heterocycles. The standard InChI is InChI=1S/C14H19N2O/c1-2-4-13(5-3-1)16-8-7-15-14(10-16)12-6-9-17-11-12/h1-5,12,14H,6-11H2/t12-,14?/m0/s1. The van der Waals surface area contributed by atoms with Gasteiger partial charge in [0.2, 0.25) is 0 Å². The molecular formula is C14H19N2O. The van der Waals surface area contributed by atoms with Gasteiger partial charge in [0, 0.05) is 43.9 Å². The first-order valence-corrected chi connectivity index (χ1v) is 6.48. The van der Waals surface area contributed by atoms with E-state index in [1.807, 2.05) is 0 Å². The van der Waals surface area contributed by atoms with E-state index < -0.39 is 0 Å². The van der Waals surface area contributed by atoms with E-state index in [1.54, 1.807) is 0 Å². The third-order valence-electron chi connectivity index (χ3n) is 3.77. The van der Waals surface area contributed by atoms with Crippen molar-refractivity contribution in [1.82, 2.24) is 5.32 Å². The molecule has 2 fully saturated rings. The van der Waals surface area contributed by atoms with Crippen molar-refractivity contribution >= 4 is 5.69 Å². The van der Waals surface area contributed by atoms with Crippen LogP contribution in [0.2, 0.25) is 0 Å². The Kier molecular flexibility index (Phi) is 3.29. The van der Waals surface area contributed by atoms with Gasteiger partial charge in [0.25, 0.3) is 0 Å². The number of ether oxygens (including phenoxy) is 1. The summed E-state index contributed by atoms with van der Waals surface area (Å²) >= 11 is 0. The highest BCUT2D eigenvalue weighted by atomic mass is 16.5. The molecular weight excluding hydrogens is 212 g/mol. The van der Waals surface area contributed by atoms with Gasteiger partial charge in [-0.3, -0.25) is 0 Å². The summed E-state index contributed by atoms with van der Waals surface area (Å²) in [6, 6.07) is 11.1. The first kappa shape index (κ1) is 11.1. The second-order valence-corrected chi connectivity index (χ2v) is 4.88. The van der Waals surface area contributed by atoms with Crippen LogP contribution in [0.25, 0.3) is 0 Å². The highest BCUT2D eigenvalue weighted by molar-refractivity contribution is 5.46. The van der Waals surface area contributed by atoms with E-state index in [9.17, 15) is 0 Å². The van der Waals surface area contributed by atoms with Crippen LogP contribution < -0.4 is 10.2 Å². The lowest BCUT2D eigenvalue weighted by Crippen LogP contribution is -2.50. The Balaban J connectivity index is 1.67. The predicted molar refractivity (Wildman–Crippen MR) is 68.4 cm³/mol. The molecule has 1 unspecified atom stereocenters. The van der Waals surface area contributed by atoms with Crippen molar-refractivity contribution in [2.24, 2.45) is 5.92 Å². The number of anilines is 1. The van der Waals surface area contributed by atoms with E-state index >= 15 is 0 Å². The Hall–Kier alpha value is -1.06. The lowest BCUT2D eigenvalue weighted by molar-refractivity contribution is 0.174. The normalized spacial score (nSPS) is 29.5. The minimum absolute atomic E-state index is 0.464. The van der Waals surface area contributed by atoms with Crippen LogP contribution in [-0.2, 0) is 4.74 Å². The van der Waals surface area contributed by atoms with Gasteiger partial charge in [0.1, 0.15) is 0 Å². The molecule has 0 amide bonds. The Labute approximate surface area is 103 Å². The highest BCUT2D eigenvalue weighted by Gasteiger charge is 2.30. The quantitative estimate of drug-likeness (QED) is 0.771. The van der Waals surface area contributed by atoms with Crippen molar-refractivity contribution in [1.29, 1.82) is 0 Å². The maximum absolute atomic E-state index is 5.47. The van der Waals surface area contributed by atoms with Crippen molar-refractivity contribution in [2.75, 3.05) is 37.7 Å². The van der Waals surface area contributed by atoms with Gasteiger partial charge < -0.3 is 9.64 Å². The van der Waals surface area contributed by atoms with Crippen molar-refractivity contribution in [3.8, 4) is 0 Å². The molecule has 3 rings (SSSR count). The predicted octanol–water partition coefficient (Wildman–Crippen LogP) is 1.52. The molecule has 0 N–H and O–H groups in total. The minimum atomic E-state index is 0.464. The van der Waals surface area contributed by atoms with E-state index in [-0.39, 0.29) is 0 Å². The van der Waals surface area contributed by atoms with Crippen LogP contribution in [0.1, 0.15) is 6.42 Å². The molecule has 91 valence electrons. The average Bonchev–Trinajstić information content (AvgIpc) is 2.94. The molecule has 0 aromatic heterocycles. The van der Waals surface area contributed by atoms with Gasteiger partial charge in [-0.2, -0.15) is 0 Å². The van der Waals surface area contributed by atoms with Crippen molar-refractivity contribution in [3.05, 3.63) is 30.3 Å². The van der Waals surface area contributed by atoms with Crippen LogP contribution in [0.3, 0.4) is 0 Å². The molecule has 1 radical (unpaired) electrons. The number of nitrogens with zero attached hydrogens (tertiary/aromatic N) is 2. The van der Waals surface area contributed by atoms with Gasteiger partial charge >= 0.3 is 0 Å². The first-order valence-electron chi connectivity index (χ1n) is 6.48. The van der Waals surface area contributed by atoms with Crippen LogP contribution in [0.15, 0.2) is 30.3 Å². The van der Waals surface area contributed by atoms with Gasteiger partial charge in [-0.15, -0.1) is 0 Å². The Morgan fingerprint density at radius 1 is 1.24 bits per heavy atom. The third kappa shape index (κ3) is 2.45. The van der Waals surface area contributed by atoms with Crippen LogP contribution in [0, 0.1) is 5.92 Å². The second-order valence-electron chi connectivity index (χ2n) is 4.88. The smallest absolute Gasteiger partial charge is 0.0511 e. The summed E-state index contributed by atoms with van der Waals surface area (Å²) in [5, 5.41) is 4.77. The van der Waals surface area contributed by atoms with Crippen molar-refractivity contribution < 1.29 is 4.74 Å². The van der Waals surface area contributed by atoms with E-state index in [2.05, 4.69) is 35.2 Å². The summed E-state index contributed by atoms with van der Waals surface area (Å²) in [4.78, 5) is 2.45. The summed E-state index contributed by atoms with van der Waals surface area (Å²) in [5.41, 5.74) is 1.33. The summed E-state index contributed by atoms with van der Waals surface area (Å²) < 4.78 is 5.47. The zero-order chi connectivity index (χ0) is 11.5. The minimum Gasteiger partial charge on any atom is -0.381 e. The first-order chi connectivity index (χ1) is 8.43. The molecule has 1 aromatic rings. The van der Waals surface area contributed by atoms with Crippen LogP contribution in [0.5, 0.6) is 0 Å². The summed E-state index contributed by atoms with van der Waals surface area (Å²) in [6.45, 7) is 4.88. The number of benzene rings is 1. The largest absolute Gasteiger partial charge is 0.381 e. The SMILES string of the molecule is c1ccc(N2CC[N]C([C@H]3CCOC3)C2)cc1. The number of rotatable bonds is 2. The topological polar surface area (TPSA) is 26.6 Å². The van der Waals surface area contributed by atoms with Crippen molar-refractivity contribution in [2.45, 2.75) is 12.5 Å². The van der Waals surface area contributed by atoms with Gasteiger partial charge in [0.05, 0.1) is 6.61 Å². The van der Waals surface area contributed by atoms with Gasteiger partial charge in [-0.1, -0.05) is 18.2 Å². The molecule has 3 nitrogen and oxygen atoms in total. The lowest BCUT2D eigenvalue weighted by Gasteiger charge is -2.36. The van der Waals surface area contributed by atoms with Crippen molar-refractivity contribution in [3.63, 3.8) is 0 Å². The number of hydrogen-bond acceptors (Lipinski definition) is 2. The maximum atomic E-state index is 5.47. The molecule has 0 saturated carbocycles. The third-order valence-corrected chi connectivity index (χ3v) is 3.77. The average molecular weight is 231 g/mol. The number of piperazine rings is 1. The second kappa shape index (κ2) is 5.07. The van der Waals surface area contributed by atoms with Gasteiger partial charge in [-0.05, 0) is 18.6 Å². The lowest BCUT2D eigenvalue weighted by atomic mass is 9.97. The fourth-order valence-corrected chi connectivity index (χ4v) is 2.75. The summed E-state index contributed by atoms with van der Waals surface area (Å²) in [6.07, 6.45) is 1.18. The Bertz CT molecular complexity index is 348. The Morgan fingerprint density at radius 2 is 2.12 bits per heavy atom. The molecule has 2 heterocycles. The molecule has 2 aliphatic rings. The molecule has 0 bridgehead atoms. The van der Waals surface area contributed by atoms with Crippen LogP contribution in [-0.4, -0.2) is 38.9 Å². The Morgan fingerprint density at radius 3 is 2.88 bits per heavy atom. The fourth-order valence-electron chi connectivity index (χ4n) is 2.75. The zero-order valence-electron chi connectivity index (χ0n) is 10.1. The van der Waals surface area contributed by atoms with Gasteiger partial charge in [0.15, 0.2) is 0 Å². The van der Waals surface area contributed by atoms with E-state index in [4.69, 9.17) is 10.1 Å². The molecule has 17 heavy (non-hydrogen) atoms. The summed E-state index contributed by atoms with van der Waals surface area (Å²) in [5.74, 6) is 0.640. The number of para-hydroxylation sites is 1. The molecule has 2 atom stereocenters. The molecule has 2 aliphatic heterocycles. The van der Waals surface area contributed by atoms with Crippen LogP contribution in [0.4, 0.5) is 5.69 Å². The van der Waals surface area contributed by atoms with Gasteiger partial charge in [-0.25, -0.2) is 5.32 Å².